The smallest absolute Gasteiger partial charge is 0.303 e. The van der Waals surface area contributed by atoms with Crippen molar-refractivity contribution in [2.45, 2.75) is 19.1 Å². The maximum Gasteiger partial charge on any atom is 0.303 e. The molecule has 2 N–H and O–H groups in total. The second-order valence-corrected chi connectivity index (χ2v) is 5.17. The highest BCUT2D eigenvalue weighted by atomic mass is 19.1. The van der Waals surface area contributed by atoms with Crippen molar-refractivity contribution in [3.63, 3.8) is 0 Å². The van der Waals surface area contributed by atoms with Gasteiger partial charge < -0.3 is 10.1 Å². The second kappa shape index (κ2) is 7.65. The summed E-state index contributed by atoms with van der Waals surface area (Å²) in [6.07, 6.45) is -0.786. The van der Waals surface area contributed by atoms with Gasteiger partial charge in [0.1, 0.15) is 5.82 Å². The molecular weight excluding hydrogens is 297 g/mol. The van der Waals surface area contributed by atoms with Crippen LogP contribution in [0.3, 0.4) is 0 Å². The maximum absolute atomic E-state index is 13.1. The molecule has 5 heteroatoms. The number of carbonyl (C=O) groups is 2. The number of esters is 1. The Bertz CT molecular complexity index is 670. The second-order valence-electron chi connectivity index (χ2n) is 5.17. The van der Waals surface area contributed by atoms with E-state index >= 15 is 0 Å². The molecule has 0 spiro atoms. The van der Waals surface area contributed by atoms with Crippen molar-refractivity contribution in [2.75, 3.05) is 7.05 Å². The van der Waals surface area contributed by atoms with Crippen LogP contribution in [0.15, 0.2) is 54.6 Å². The zero-order chi connectivity index (χ0) is 16.8. The molecule has 2 aromatic rings. The predicted octanol–water partition coefficient (Wildman–Crippen LogP) is 1.87. The van der Waals surface area contributed by atoms with Gasteiger partial charge in [-0.25, -0.2) is 4.39 Å². The molecule has 0 aliphatic heterocycles. The van der Waals surface area contributed by atoms with Gasteiger partial charge in [-0.05, 0) is 17.7 Å². The van der Waals surface area contributed by atoms with Crippen molar-refractivity contribution >= 4 is 11.8 Å². The zero-order valence-electron chi connectivity index (χ0n) is 13.0. The lowest BCUT2D eigenvalue weighted by molar-refractivity contribution is -0.657. The first-order valence-corrected chi connectivity index (χ1v) is 7.34. The van der Waals surface area contributed by atoms with Crippen molar-refractivity contribution in [3.8, 4) is 0 Å². The molecule has 0 saturated heterocycles. The molecule has 0 amide bonds. The fourth-order valence-corrected chi connectivity index (χ4v) is 2.44. The average Bonchev–Trinajstić information content (AvgIpc) is 2.55. The monoisotopic (exact) mass is 316 g/mol. The molecule has 0 saturated carbocycles. The van der Waals surface area contributed by atoms with Crippen LogP contribution in [-0.2, 0) is 9.53 Å². The Morgan fingerprint density at radius 3 is 2.17 bits per heavy atom. The van der Waals surface area contributed by atoms with E-state index in [1.807, 2.05) is 6.07 Å². The molecule has 2 atom stereocenters. The Labute approximate surface area is 134 Å². The highest BCUT2D eigenvalue weighted by Crippen LogP contribution is 2.23. The third-order valence-electron chi connectivity index (χ3n) is 3.54. The lowest BCUT2D eigenvalue weighted by atomic mass is 9.94. The van der Waals surface area contributed by atoms with Crippen LogP contribution >= 0.6 is 0 Å². The van der Waals surface area contributed by atoms with Crippen molar-refractivity contribution in [2.24, 2.45) is 0 Å². The standard InChI is InChI=1S/C18H18FNO3/c1-12(21)23-18(14-8-10-15(19)11-9-14)16(20-2)17(22)13-6-4-3-5-7-13/h3-11,16,18,20H,1-2H3/p+1/t16-,18+/m1/s1. The van der Waals surface area contributed by atoms with Gasteiger partial charge in [-0.2, -0.15) is 0 Å². The maximum atomic E-state index is 13.1. The third kappa shape index (κ3) is 4.23. The van der Waals surface area contributed by atoms with Gasteiger partial charge in [0.05, 0.1) is 7.05 Å². The zero-order valence-corrected chi connectivity index (χ0v) is 13.0. The van der Waals surface area contributed by atoms with Crippen molar-refractivity contribution < 1.29 is 24.0 Å². The molecule has 0 fully saturated rings. The summed E-state index contributed by atoms with van der Waals surface area (Å²) in [5, 5.41) is 1.70. The SMILES string of the molecule is C[NH2+][C@H](C(=O)c1ccccc1)[C@@H](OC(C)=O)c1ccc(F)cc1. The summed E-state index contributed by atoms with van der Waals surface area (Å²) < 4.78 is 18.5. The molecular formula is C18H19FNO3+. The van der Waals surface area contributed by atoms with E-state index in [-0.39, 0.29) is 11.6 Å². The molecule has 4 nitrogen and oxygen atoms in total. The highest BCUT2D eigenvalue weighted by Gasteiger charge is 2.35. The van der Waals surface area contributed by atoms with Gasteiger partial charge in [0.25, 0.3) is 0 Å². The van der Waals surface area contributed by atoms with Gasteiger partial charge in [0, 0.05) is 12.5 Å². The van der Waals surface area contributed by atoms with Crippen LogP contribution < -0.4 is 5.32 Å². The minimum absolute atomic E-state index is 0.149. The van der Waals surface area contributed by atoms with Crippen LogP contribution in [0.1, 0.15) is 28.9 Å². The lowest BCUT2D eigenvalue weighted by Gasteiger charge is -2.23. The van der Waals surface area contributed by atoms with Crippen LogP contribution in [0.25, 0.3) is 0 Å². The molecule has 2 aromatic carbocycles. The molecule has 0 aliphatic carbocycles. The molecule has 120 valence electrons. The number of Topliss-reactive ketones (excluding diaryl/α,β-unsaturated/α-hetero) is 1. The normalized spacial score (nSPS) is 13.2. The van der Waals surface area contributed by atoms with E-state index in [0.29, 0.717) is 11.1 Å². The largest absolute Gasteiger partial charge is 0.451 e. The molecule has 0 heterocycles. The van der Waals surface area contributed by atoms with Crippen LogP contribution in [-0.4, -0.2) is 24.8 Å². The van der Waals surface area contributed by atoms with Crippen LogP contribution in [0, 0.1) is 5.82 Å². The minimum atomic E-state index is -0.786. The van der Waals surface area contributed by atoms with Gasteiger partial charge in [-0.15, -0.1) is 0 Å². The Kier molecular flexibility index (Phi) is 5.60. The molecule has 0 unspecified atom stereocenters. The number of hydrogen-bond acceptors (Lipinski definition) is 3. The van der Waals surface area contributed by atoms with E-state index in [4.69, 9.17) is 4.74 Å². The molecule has 23 heavy (non-hydrogen) atoms. The summed E-state index contributed by atoms with van der Waals surface area (Å²) in [4.78, 5) is 24.2. The van der Waals surface area contributed by atoms with Crippen LogP contribution in [0.2, 0.25) is 0 Å². The first kappa shape index (κ1) is 16.8. The topological polar surface area (TPSA) is 60.0 Å². The summed E-state index contributed by atoms with van der Waals surface area (Å²) in [6, 6.07) is 13.8. The molecule has 2 rings (SSSR count). The van der Waals surface area contributed by atoms with E-state index < -0.39 is 18.1 Å². The molecule has 0 radical (unpaired) electrons. The Morgan fingerprint density at radius 1 is 1.04 bits per heavy atom. The van der Waals surface area contributed by atoms with E-state index in [2.05, 4.69) is 0 Å². The summed E-state index contributed by atoms with van der Waals surface area (Å²) >= 11 is 0. The van der Waals surface area contributed by atoms with Gasteiger partial charge in [0.2, 0.25) is 5.78 Å². The number of likely N-dealkylation sites (N-methyl/N-ethyl adjacent to an activating group) is 1. The first-order valence-electron chi connectivity index (χ1n) is 7.34. The number of hydrogen-bond donors (Lipinski definition) is 1. The van der Waals surface area contributed by atoms with E-state index in [1.54, 1.807) is 36.6 Å². The summed E-state index contributed by atoms with van der Waals surface area (Å²) in [5.41, 5.74) is 1.11. The van der Waals surface area contributed by atoms with Crippen molar-refractivity contribution in [1.29, 1.82) is 0 Å². The number of ether oxygens (including phenoxy) is 1. The van der Waals surface area contributed by atoms with Gasteiger partial charge in [0.15, 0.2) is 12.1 Å². The summed E-state index contributed by atoms with van der Waals surface area (Å²) in [6.45, 7) is 1.29. The average molecular weight is 316 g/mol. The lowest BCUT2D eigenvalue weighted by Crippen LogP contribution is -2.89. The number of nitrogens with two attached hydrogens (primary N) is 1. The van der Waals surface area contributed by atoms with E-state index in [9.17, 15) is 14.0 Å². The number of rotatable bonds is 6. The fraction of sp³-hybridized carbons (Fsp3) is 0.222. The summed E-state index contributed by atoms with van der Waals surface area (Å²) in [5.74, 6) is -1.03. The molecule has 0 bridgehead atoms. The minimum Gasteiger partial charge on any atom is -0.451 e. The predicted molar refractivity (Wildman–Crippen MR) is 83.3 cm³/mol. The number of carbonyl (C=O) groups excluding carboxylic acids is 2. The Hall–Kier alpha value is -2.53. The Morgan fingerprint density at radius 2 is 1.65 bits per heavy atom. The molecule has 0 aromatic heterocycles. The van der Waals surface area contributed by atoms with E-state index in [0.717, 1.165) is 0 Å². The fourth-order valence-electron chi connectivity index (χ4n) is 2.44. The number of halogens is 1. The van der Waals surface area contributed by atoms with E-state index in [1.165, 1.54) is 31.2 Å². The third-order valence-corrected chi connectivity index (χ3v) is 3.54. The first-order chi connectivity index (χ1) is 11.0. The van der Waals surface area contributed by atoms with Crippen LogP contribution in [0.4, 0.5) is 4.39 Å². The number of ketones is 1. The highest BCUT2D eigenvalue weighted by molar-refractivity contribution is 5.99. The van der Waals surface area contributed by atoms with Gasteiger partial charge >= 0.3 is 5.97 Å². The quantitative estimate of drug-likeness (QED) is 0.654. The number of benzene rings is 2. The van der Waals surface area contributed by atoms with Crippen molar-refractivity contribution in [3.05, 3.63) is 71.5 Å². The summed E-state index contributed by atoms with van der Waals surface area (Å²) in [7, 11) is 1.74. The van der Waals surface area contributed by atoms with Crippen LogP contribution in [0.5, 0.6) is 0 Å². The van der Waals surface area contributed by atoms with Crippen molar-refractivity contribution in [1.82, 2.24) is 0 Å². The molecule has 0 aliphatic rings. The van der Waals surface area contributed by atoms with Gasteiger partial charge in [-0.3, -0.25) is 9.59 Å². The van der Waals surface area contributed by atoms with Gasteiger partial charge in [-0.1, -0.05) is 42.5 Å². The number of quaternary nitrogens is 1. The Balaban J connectivity index is 2.37.